The number of rotatable bonds is 4. The number of piperazine rings is 1. The van der Waals surface area contributed by atoms with E-state index in [9.17, 15) is 13.2 Å². The molecule has 1 aliphatic heterocycles. The summed E-state index contributed by atoms with van der Waals surface area (Å²) in [5.74, 6) is 6.36. The molecule has 1 amide bonds. The van der Waals surface area contributed by atoms with Gasteiger partial charge in [0.15, 0.2) is 0 Å². The summed E-state index contributed by atoms with van der Waals surface area (Å²) in [6.07, 6.45) is 1.66. The van der Waals surface area contributed by atoms with Crippen molar-refractivity contribution in [2.45, 2.75) is 4.90 Å². The fraction of sp³-hybridized carbons (Fsp3) is 0.200. The second-order valence-electron chi connectivity index (χ2n) is 7.53. The molecule has 0 unspecified atom stereocenters. The molecule has 0 saturated carbocycles. The lowest BCUT2D eigenvalue weighted by Gasteiger charge is -2.34. The SMILES string of the molecule is COc1ccc(C(=O)N2CCN(S(=O)(=O)c3ccc(Cl)cc3)CC2)cc1C#Cc1ccccn1. The lowest BCUT2D eigenvalue weighted by Crippen LogP contribution is -2.50. The van der Waals surface area contributed by atoms with Gasteiger partial charge in [-0.25, -0.2) is 13.4 Å². The number of methoxy groups -OCH3 is 1. The highest BCUT2D eigenvalue weighted by molar-refractivity contribution is 7.89. The number of ether oxygens (including phenoxy) is 1. The highest BCUT2D eigenvalue weighted by Crippen LogP contribution is 2.23. The smallest absolute Gasteiger partial charge is 0.253 e. The summed E-state index contributed by atoms with van der Waals surface area (Å²) >= 11 is 5.87. The molecule has 1 aromatic heterocycles. The van der Waals surface area contributed by atoms with Gasteiger partial charge in [-0.1, -0.05) is 23.6 Å². The molecule has 0 atom stereocenters. The number of aromatic nitrogens is 1. The average Bonchev–Trinajstić information content (AvgIpc) is 2.88. The Hall–Kier alpha value is -3.38. The van der Waals surface area contributed by atoms with Crippen LogP contribution in [0.25, 0.3) is 0 Å². The number of amides is 1. The second-order valence-corrected chi connectivity index (χ2v) is 9.90. The van der Waals surface area contributed by atoms with Crippen LogP contribution in [0.4, 0.5) is 0 Å². The van der Waals surface area contributed by atoms with Crippen LogP contribution in [-0.2, 0) is 10.0 Å². The van der Waals surface area contributed by atoms with Crippen LogP contribution >= 0.6 is 11.6 Å². The number of carbonyl (C=O) groups is 1. The predicted octanol–water partition coefficient (Wildman–Crippen LogP) is 3.29. The molecule has 0 radical (unpaired) electrons. The van der Waals surface area contributed by atoms with Crippen LogP contribution < -0.4 is 4.74 Å². The van der Waals surface area contributed by atoms with Gasteiger partial charge in [-0.3, -0.25) is 4.79 Å². The fourth-order valence-corrected chi connectivity index (χ4v) is 5.12. The Morgan fingerprint density at radius 2 is 1.74 bits per heavy atom. The third-order valence-corrected chi connectivity index (χ3v) is 7.58. The first-order valence-electron chi connectivity index (χ1n) is 10.5. The monoisotopic (exact) mass is 495 g/mol. The molecular weight excluding hydrogens is 474 g/mol. The quantitative estimate of drug-likeness (QED) is 0.519. The number of pyridine rings is 1. The summed E-state index contributed by atoms with van der Waals surface area (Å²) < 4.78 is 32.6. The second kappa shape index (κ2) is 10.3. The van der Waals surface area contributed by atoms with Crippen molar-refractivity contribution in [3.05, 3.63) is 88.7 Å². The Morgan fingerprint density at radius 3 is 2.38 bits per heavy atom. The molecule has 9 heteroatoms. The maximum Gasteiger partial charge on any atom is 0.253 e. The molecule has 2 heterocycles. The van der Waals surface area contributed by atoms with E-state index in [4.69, 9.17) is 16.3 Å². The van der Waals surface area contributed by atoms with Gasteiger partial charge in [0, 0.05) is 43.0 Å². The van der Waals surface area contributed by atoms with Crippen molar-refractivity contribution in [1.29, 1.82) is 0 Å². The van der Waals surface area contributed by atoms with Gasteiger partial charge >= 0.3 is 0 Å². The Labute approximate surface area is 204 Å². The Bertz CT molecular complexity index is 1340. The molecule has 1 aliphatic rings. The van der Waals surface area contributed by atoms with Gasteiger partial charge in [-0.2, -0.15) is 4.31 Å². The van der Waals surface area contributed by atoms with Crippen molar-refractivity contribution in [3.8, 4) is 17.6 Å². The molecule has 1 fully saturated rings. The first-order valence-corrected chi connectivity index (χ1v) is 12.4. The number of hydrogen-bond donors (Lipinski definition) is 0. The minimum atomic E-state index is -3.65. The predicted molar refractivity (Wildman–Crippen MR) is 129 cm³/mol. The van der Waals surface area contributed by atoms with E-state index < -0.39 is 10.0 Å². The van der Waals surface area contributed by atoms with E-state index in [2.05, 4.69) is 16.8 Å². The van der Waals surface area contributed by atoms with Crippen LogP contribution in [-0.4, -0.2) is 61.8 Å². The summed E-state index contributed by atoms with van der Waals surface area (Å²) in [5, 5.41) is 0.470. The molecular formula is C25H22ClN3O4S. The minimum Gasteiger partial charge on any atom is -0.495 e. The van der Waals surface area contributed by atoms with Crippen LogP contribution in [0.1, 0.15) is 21.6 Å². The Balaban J connectivity index is 1.48. The lowest BCUT2D eigenvalue weighted by molar-refractivity contribution is 0.0698. The molecule has 1 saturated heterocycles. The Kier molecular flexibility index (Phi) is 7.17. The Morgan fingerprint density at radius 1 is 1.00 bits per heavy atom. The normalized spacial score (nSPS) is 14.2. The number of hydrogen-bond acceptors (Lipinski definition) is 5. The van der Waals surface area contributed by atoms with E-state index >= 15 is 0 Å². The minimum absolute atomic E-state index is 0.183. The summed E-state index contributed by atoms with van der Waals surface area (Å²) in [7, 11) is -2.10. The highest BCUT2D eigenvalue weighted by Gasteiger charge is 2.30. The van der Waals surface area contributed by atoms with Crippen LogP contribution in [0.3, 0.4) is 0 Å². The van der Waals surface area contributed by atoms with E-state index in [1.54, 1.807) is 54.6 Å². The van der Waals surface area contributed by atoms with E-state index in [-0.39, 0.29) is 37.0 Å². The standard InChI is InChI=1S/C25H22ClN3O4S/c1-33-24-12-6-20(18-19(24)5-9-22-4-2-3-13-27-22)25(30)28-14-16-29(17-15-28)34(31,32)23-10-7-21(26)8-11-23/h2-4,6-8,10-13,18H,14-17H2,1H3. The summed E-state index contributed by atoms with van der Waals surface area (Å²) in [4.78, 5) is 19.1. The number of nitrogens with zero attached hydrogens (tertiary/aromatic N) is 3. The fourth-order valence-electron chi connectivity index (χ4n) is 3.58. The zero-order chi connectivity index (χ0) is 24.1. The molecule has 4 rings (SSSR count). The van der Waals surface area contributed by atoms with Crippen LogP contribution in [0.5, 0.6) is 5.75 Å². The lowest BCUT2D eigenvalue weighted by atomic mass is 10.1. The van der Waals surface area contributed by atoms with E-state index in [1.807, 2.05) is 12.1 Å². The molecule has 34 heavy (non-hydrogen) atoms. The molecule has 0 bridgehead atoms. The molecule has 174 valence electrons. The van der Waals surface area contributed by atoms with Crippen molar-refractivity contribution >= 4 is 27.5 Å². The first kappa shape index (κ1) is 23.8. The van der Waals surface area contributed by atoms with Crippen LogP contribution in [0.2, 0.25) is 5.02 Å². The van der Waals surface area contributed by atoms with Crippen molar-refractivity contribution in [2.24, 2.45) is 0 Å². The topological polar surface area (TPSA) is 79.8 Å². The van der Waals surface area contributed by atoms with Crippen molar-refractivity contribution in [1.82, 2.24) is 14.2 Å². The van der Waals surface area contributed by atoms with E-state index in [0.717, 1.165) is 0 Å². The number of carbonyl (C=O) groups excluding carboxylic acids is 1. The van der Waals surface area contributed by atoms with Crippen molar-refractivity contribution in [2.75, 3.05) is 33.3 Å². The van der Waals surface area contributed by atoms with E-state index in [1.165, 1.54) is 16.4 Å². The average molecular weight is 496 g/mol. The molecule has 3 aromatic rings. The summed E-state index contributed by atoms with van der Waals surface area (Å²) in [6.45, 7) is 0.984. The third kappa shape index (κ3) is 5.23. The highest BCUT2D eigenvalue weighted by atomic mass is 35.5. The van der Waals surface area contributed by atoms with Gasteiger partial charge in [0.1, 0.15) is 11.4 Å². The zero-order valence-electron chi connectivity index (χ0n) is 18.4. The maximum atomic E-state index is 13.1. The van der Waals surface area contributed by atoms with E-state index in [0.29, 0.717) is 27.6 Å². The largest absolute Gasteiger partial charge is 0.495 e. The molecule has 0 N–H and O–H groups in total. The van der Waals surface area contributed by atoms with Gasteiger partial charge in [-0.15, -0.1) is 0 Å². The van der Waals surface area contributed by atoms with Crippen LogP contribution in [0.15, 0.2) is 71.8 Å². The zero-order valence-corrected chi connectivity index (χ0v) is 20.0. The molecule has 7 nitrogen and oxygen atoms in total. The van der Waals surface area contributed by atoms with Crippen molar-refractivity contribution < 1.29 is 17.9 Å². The van der Waals surface area contributed by atoms with Gasteiger partial charge in [0.05, 0.1) is 17.6 Å². The van der Waals surface area contributed by atoms with Gasteiger partial charge < -0.3 is 9.64 Å². The molecule has 0 aliphatic carbocycles. The summed E-state index contributed by atoms with van der Waals surface area (Å²) in [5.41, 5.74) is 1.64. The number of benzene rings is 2. The molecule has 2 aromatic carbocycles. The van der Waals surface area contributed by atoms with Gasteiger partial charge in [-0.05, 0) is 60.5 Å². The number of sulfonamides is 1. The van der Waals surface area contributed by atoms with Gasteiger partial charge in [0.2, 0.25) is 10.0 Å². The van der Waals surface area contributed by atoms with Crippen molar-refractivity contribution in [3.63, 3.8) is 0 Å². The maximum absolute atomic E-state index is 13.1. The molecule has 0 spiro atoms. The number of halogens is 1. The van der Waals surface area contributed by atoms with Gasteiger partial charge in [0.25, 0.3) is 5.91 Å². The third-order valence-electron chi connectivity index (χ3n) is 5.41. The first-order chi connectivity index (χ1) is 16.4. The van der Waals surface area contributed by atoms with Crippen LogP contribution in [0, 0.1) is 11.8 Å². The summed E-state index contributed by atoms with van der Waals surface area (Å²) in [6, 6.07) is 16.6.